The minimum absolute atomic E-state index is 0.0340. The molecule has 0 radical (unpaired) electrons. The first-order valence-corrected chi connectivity index (χ1v) is 6.26. The molecule has 18 heavy (non-hydrogen) atoms. The summed E-state index contributed by atoms with van der Waals surface area (Å²) in [6, 6.07) is -0.144. The van der Waals surface area contributed by atoms with Gasteiger partial charge < -0.3 is 16.0 Å². The molecule has 1 fully saturated rings. The van der Waals surface area contributed by atoms with Crippen LogP contribution in [0.3, 0.4) is 0 Å². The van der Waals surface area contributed by atoms with Crippen molar-refractivity contribution in [1.29, 1.82) is 0 Å². The zero-order chi connectivity index (χ0) is 13.1. The lowest BCUT2D eigenvalue weighted by atomic mass is 10.1. The quantitative estimate of drug-likeness (QED) is 0.806. The van der Waals surface area contributed by atoms with Crippen molar-refractivity contribution in [3.05, 3.63) is 11.9 Å². The predicted octanol–water partition coefficient (Wildman–Crippen LogP) is 0.336. The van der Waals surface area contributed by atoms with Crippen LogP contribution in [0, 0.1) is 0 Å². The van der Waals surface area contributed by atoms with E-state index in [1.807, 2.05) is 11.8 Å². The fourth-order valence-electron chi connectivity index (χ4n) is 2.46. The smallest absolute Gasteiger partial charge is 0.242 e. The summed E-state index contributed by atoms with van der Waals surface area (Å²) in [5.74, 6) is 1.34. The number of nitrogens with two attached hydrogens (primary N) is 1. The van der Waals surface area contributed by atoms with E-state index in [2.05, 4.69) is 15.3 Å². The zero-order valence-corrected chi connectivity index (χ0v) is 10.8. The molecule has 1 aliphatic rings. The van der Waals surface area contributed by atoms with Crippen molar-refractivity contribution in [2.75, 3.05) is 24.2 Å². The number of nitrogen functional groups attached to an aromatic ring is 1. The highest BCUT2D eigenvalue weighted by atomic mass is 16.2. The second-order valence-corrected chi connectivity index (χ2v) is 4.38. The Labute approximate surface area is 107 Å². The molecular weight excluding hydrogens is 230 g/mol. The summed E-state index contributed by atoms with van der Waals surface area (Å²) in [5.41, 5.74) is 6.80. The first-order valence-electron chi connectivity index (χ1n) is 6.26. The molecule has 0 saturated carbocycles. The SMILES string of the molecule is CCc1c(N)ncnc1N1CCCC1C(=O)NC. The topological polar surface area (TPSA) is 84.1 Å². The number of hydrogen-bond donors (Lipinski definition) is 2. The van der Waals surface area contributed by atoms with Crippen LogP contribution in [0.4, 0.5) is 11.6 Å². The summed E-state index contributed by atoms with van der Waals surface area (Å²) >= 11 is 0. The summed E-state index contributed by atoms with van der Waals surface area (Å²) in [6.07, 6.45) is 4.07. The number of hydrogen-bond acceptors (Lipinski definition) is 5. The molecule has 3 N–H and O–H groups in total. The van der Waals surface area contributed by atoms with Gasteiger partial charge >= 0.3 is 0 Å². The van der Waals surface area contributed by atoms with Crippen molar-refractivity contribution in [2.45, 2.75) is 32.2 Å². The minimum Gasteiger partial charge on any atom is -0.383 e. The Morgan fingerprint density at radius 3 is 3.06 bits per heavy atom. The number of nitrogens with one attached hydrogen (secondary N) is 1. The molecule has 2 heterocycles. The molecular formula is C12H19N5O. The summed E-state index contributed by atoms with van der Waals surface area (Å²) in [7, 11) is 1.66. The van der Waals surface area contributed by atoms with Crippen LogP contribution < -0.4 is 16.0 Å². The summed E-state index contributed by atoms with van der Waals surface area (Å²) in [5, 5.41) is 2.70. The van der Waals surface area contributed by atoms with E-state index in [9.17, 15) is 4.79 Å². The van der Waals surface area contributed by atoms with Crippen molar-refractivity contribution >= 4 is 17.5 Å². The van der Waals surface area contributed by atoms with Gasteiger partial charge in [-0.1, -0.05) is 6.92 Å². The van der Waals surface area contributed by atoms with E-state index in [4.69, 9.17) is 5.73 Å². The van der Waals surface area contributed by atoms with Crippen LogP contribution in [-0.4, -0.2) is 35.5 Å². The number of likely N-dealkylation sites (N-methyl/N-ethyl adjacent to an activating group) is 1. The Morgan fingerprint density at radius 1 is 1.61 bits per heavy atom. The number of carbonyl (C=O) groups excluding carboxylic acids is 1. The van der Waals surface area contributed by atoms with Gasteiger partial charge in [0.05, 0.1) is 0 Å². The van der Waals surface area contributed by atoms with E-state index in [0.29, 0.717) is 5.82 Å². The first kappa shape index (κ1) is 12.6. The summed E-state index contributed by atoms with van der Waals surface area (Å²) in [6.45, 7) is 2.85. The molecule has 1 aromatic rings. The summed E-state index contributed by atoms with van der Waals surface area (Å²) < 4.78 is 0. The Balaban J connectivity index is 2.36. The van der Waals surface area contributed by atoms with Crippen molar-refractivity contribution in [3.8, 4) is 0 Å². The van der Waals surface area contributed by atoms with E-state index < -0.39 is 0 Å². The Kier molecular flexibility index (Phi) is 3.64. The standard InChI is InChI=1S/C12H19N5O/c1-3-8-10(13)15-7-16-11(8)17-6-4-5-9(17)12(18)14-2/h7,9H,3-6H2,1-2H3,(H,14,18)(H2,13,15,16). The van der Waals surface area contributed by atoms with Crippen LogP contribution in [0.25, 0.3) is 0 Å². The van der Waals surface area contributed by atoms with E-state index in [-0.39, 0.29) is 11.9 Å². The number of anilines is 2. The zero-order valence-electron chi connectivity index (χ0n) is 10.8. The van der Waals surface area contributed by atoms with Gasteiger partial charge in [0, 0.05) is 19.2 Å². The highest BCUT2D eigenvalue weighted by molar-refractivity contribution is 5.85. The van der Waals surface area contributed by atoms with Crippen LogP contribution in [0.1, 0.15) is 25.3 Å². The third-order valence-electron chi connectivity index (χ3n) is 3.38. The second-order valence-electron chi connectivity index (χ2n) is 4.38. The number of rotatable bonds is 3. The van der Waals surface area contributed by atoms with Gasteiger partial charge in [-0.3, -0.25) is 4.79 Å². The lowest BCUT2D eigenvalue weighted by Gasteiger charge is -2.26. The highest BCUT2D eigenvalue weighted by Gasteiger charge is 2.32. The van der Waals surface area contributed by atoms with Crippen LogP contribution >= 0.6 is 0 Å². The average molecular weight is 249 g/mol. The molecule has 0 spiro atoms. The molecule has 98 valence electrons. The summed E-state index contributed by atoms with van der Waals surface area (Å²) in [4.78, 5) is 22.2. The van der Waals surface area contributed by atoms with Gasteiger partial charge in [0.25, 0.3) is 0 Å². The molecule has 1 atom stereocenters. The van der Waals surface area contributed by atoms with Crippen molar-refractivity contribution < 1.29 is 4.79 Å². The molecule has 6 heteroatoms. The van der Waals surface area contributed by atoms with Gasteiger partial charge in [-0.25, -0.2) is 9.97 Å². The van der Waals surface area contributed by atoms with Crippen molar-refractivity contribution in [1.82, 2.24) is 15.3 Å². The fraction of sp³-hybridized carbons (Fsp3) is 0.583. The predicted molar refractivity (Wildman–Crippen MR) is 70.3 cm³/mol. The maximum atomic E-state index is 11.9. The number of nitrogens with zero attached hydrogens (tertiary/aromatic N) is 3. The molecule has 6 nitrogen and oxygen atoms in total. The molecule has 1 saturated heterocycles. The fourth-order valence-corrected chi connectivity index (χ4v) is 2.46. The van der Waals surface area contributed by atoms with Gasteiger partial charge in [0.2, 0.25) is 5.91 Å². The second kappa shape index (κ2) is 5.20. The molecule has 2 rings (SSSR count). The van der Waals surface area contributed by atoms with Crippen LogP contribution in [0.5, 0.6) is 0 Å². The van der Waals surface area contributed by atoms with E-state index in [1.165, 1.54) is 6.33 Å². The molecule has 0 bridgehead atoms. The lowest BCUT2D eigenvalue weighted by Crippen LogP contribution is -2.42. The monoisotopic (exact) mass is 249 g/mol. The first-order chi connectivity index (χ1) is 8.69. The van der Waals surface area contributed by atoms with E-state index in [0.717, 1.165) is 37.2 Å². The van der Waals surface area contributed by atoms with Crippen molar-refractivity contribution in [2.24, 2.45) is 0 Å². The Bertz CT molecular complexity index is 448. The van der Waals surface area contributed by atoms with Crippen LogP contribution in [0.15, 0.2) is 6.33 Å². The number of amides is 1. The third-order valence-corrected chi connectivity index (χ3v) is 3.38. The molecule has 1 aliphatic heterocycles. The Hall–Kier alpha value is -1.85. The molecule has 0 aromatic carbocycles. The van der Waals surface area contributed by atoms with E-state index in [1.54, 1.807) is 7.05 Å². The molecule has 0 aliphatic carbocycles. The van der Waals surface area contributed by atoms with Crippen molar-refractivity contribution in [3.63, 3.8) is 0 Å². The maximum Gasteiger partial charge on any atom is 0.242 e. The largest absolute Gasteiger partial charge is 0.383 e. The average Bonchev–Trinajstić information content (AvgIpc) is 2.86. The molecule has 1 amide bonds. The maximum absolute atomic E-state index is 11.9. The van der Waals surface area contributed by atoms with Crippen LogP contribution in [0.2, 0.25) is 0 Å². The lowest BCUT2D eigenvalue weighted by molar-refractivity contribution is -0.121. The normalized spacial score (nSPS) is 19.0. The highest BCUT2D eigenvalue weighted by Crippen LogP contribution is 2.29. The minimum atomic E-state index is -0.144. The molecule has 1 aromatic heterocycles. The van der Waals surface area contributed by atoms with Gasteiger partial charge in [-0.2, -0.15) is 0 Å². The van der Waals surface area contributed by atoms with Gasteiger partial charge in [-0.05, 0) is 19.3 Å². The Morgan fingerprint density at radius 2 is 2.39 bits per heavy atom. The van der Waals surface area contributed by atoms with Gasteiger partial charge in [0.1, 0.15) is 24.0 Å². The number of aromatic nitrogens is 2. The van der Waals surface area contributed by atoms with E-state index >= 15 is 0 Å². The van der Waals surface area contributed by atoms with Gasteiger partial charge in [-0.15, -0.1) is 0 Å². The third kappa shape index (κ3) is 2.10. The van der Waals surface area contributed by atoms with Crippen LogP contribution in [-0.2, 0) is 11.2 Å². The molecule has 1 unspecified atom stereocenters. The number of carbonyl (C=O) groups is 1. The van der Waals surface area contributed by atoms with Gasteiger partial charge in [0.15, 0.2) is 0 Å².